The van der Waals surface area contributed by atoms with Crippen molar-refractivity contribution in [3.05, 3.63) is 107 Å². The van der Waals surface area contributed by atoms with Crippen molar-refractivity contribution in [1.29, 1.82) is 0 Å². The van der Waals surface area contributed by atoms with Gasteiger partial charge in [-0.2, -0.15) is 0 Å². The summed E-state index contributed by atoms with van der Waals surface area (Å²) in [4.78, 5) is 13.9. The van der Waals surface area contributed by atoms with Crippen LogP contribution >= 0.6 is 12.4 Å². The van der Waals surface area contributed by atoms with Gasteiger partial charge in [0.05, 0.1) is 11.5 Å². The maximum atomic E-state index is 12.1. The highest BCUT2D eigenvalue weighted by atomic mass is 35.5. The zero-order valence-corrected chi connectivity index (χ0v) is 23.1. The van der Waals surface area contributed by atoms with Gasteiger partial charge in [-0.25, -0.2) is 0 Å². The van der Waals surface area contributed by atoms with Gasteiger partial charge in [0, 0.05) is 0 Å². The van der Waals surface area contributed by atoms with Crippen LogP contribution in [0.2, 0.25) is 0 Å². The van der Waals surface area contributed by atoms with Gasteiger partial charge in [-0.15, -0.1) is 12.4 Å². The number of carboxylic acids is 1. The topological polar surface area (TPSA) is 81.0 Å². The molecule has 1 fully saturated rings. The monoisotopic (exact) mass is 549 g/mol. The van der Waals surface area contributed by atoms with Crippen LogP contribution in [0.3, 0.4) is 0 Å². The molecule has 0 saturated carbocycles. The van der Waals surface area contributed by atoms with E-state index >= 15 is 0 Å². The van der Waals surface area contributed by atoms with Crippen molar-refractivity contribution in [3.8, 4) is 0 Å². The lowest BCUT2D eigenvalue weighted by atomic mass is 9.84. The lowest BCUT2D eigenvalue weighted by molar-refractivity contribution is -0.142. The first-order chi connectivity index (χ1) is 17.7. The minimum absolute atomic E-state index is 0. The van der Waals surface area contributed by atoms with Crippen molar-refractivity contribution in [2.45, 2.75) is 56.7 Å². The normalized spacial score (nSPS) is 16.0. The predicted molar refractivity (Wildman–Crippen MR) is 154 cm³/mol. The fourth-order valence-corrected chi connectivity index (χ4v) is 5.52. The van der Waals surface area contributed by atoms with E-state index in [9.17, 15) is 20.1 Å². The Morgan fingerprint density at radius 3 is 1.84 bits per heavy atom. The molecule has 4 rings (SSSR count). The average Bonchev–Trinajstić information content (AvgIpc) is 2.94. The van der Waals surface area contributed by atoms with E-state index in [4.69, 9.17) is 0 Å². The second-order valence-corrected chi connectivity index (χ2v) is 10.8. The number of halogens is 1. The number of piperidine rings is 1. The van der Waals surface area contributed by atoms with Crippen LogP contribution in [0.4, 0.5) is 0 Å². The zero-order chi connectivity index (χ0) is 26.5. The van der Waals surface area contributed by atoms with E-state index in [0.29, 0.717) is 6.42 Å². The van der Waals surface area contributed by atoms with Crippen LogP contribution in [0, 0.1) is 5.92 Å². The molecular weight excluding hydrogens is 510 g/mol. The zero-order valence-electron chi connectivity index (χ0n) is 22.3. The molecule has 0 spiro atoms. The molecule has 1 atom stereocenters. The van der Waals surface area contributed by atoms with Crippen LogP contribution in [-0.2, 0) is 15.8 Å². The van der Waals surface area contributed by atoms with Gasteiger partial charge in [-0.1, -0.05) is 84.9 Å². The Bertz CT molecular complexity index is 1100. The number of hydrogen-bond acceptors (Lipinski definition) is 4. The molecule has 1 heterocycles. The lowest BCUT2D eigenvalue weighted by Gasteiger charge is -2.42. The van der Waals surface area contributed by atoms with Crippen LogP contribution < -0.4 is 0 Å². The standard InChI is InChI=1S/C32H39NO4.ClH/c1-31(2,30(35)36)25-17-15-24(16-18-25)29(34)14-9-21-33-22-19-28(20-23-33)32(37,26-10-5-3-6-11-26)27-12-7-4-8-13-27;/h3-8,10-13,15-18,28-29,34,37H,9,14,19-23H2,1-2H3,(H,35,36);1H/i3+1,4+1,5+1,6+1,7+1,8+1,10+1,11+1,12+1,13+1,26+1,27+1;. The lowest BCUT2D eigenvalue weighted by Crippen LogP contribution is -2.44. The molecule has 0 radical (unpaired) electrons. The predicted octanol–water partition coefficient (Wildman–Crippen LogP) is 5.93. The summed E-state index contributed by atoms with van der Waals surface area (Å²) < 4.78 is 0. The fraction of sp³-hybridized carbons (Fsp3) is 0.406. The molecule has 1 aliphatic rings. The van der Waals surface area contributed by atoms with Crippen molar-refractivity contribution in [1.82, 2.24) is 4.90 Å². The number of aliphatic hydroxyl groups excluding tert-OH is 1. The summed E-state index contributed by atoms with van der Waals surface area (Å²) in [6.07, 6.45) is 2.77. The van der Waals surface area contributed by atoms with Crippen molar-refractivity contribution in [2.75, 3.05) is 19.6 Å². The first-order valence-electron chi connectivity index (χ1n) is 13.3. The molecule has 5 nitrogen and oxygen atoms in total. The van der Waals surface area contributed by atoms with Gasteiger partial charge >= 0.3 is 5.97 Å². The molecule has 3 aromatic rings. The Hall–Kier alpha value is -2.70. The van der Waals surface area contributed by atoms with E-state index < -0.39 is 23.1 Å². The van der Waals surface area contributed by atoms with E-state index in [1.807, 2.05) is 72.8 Å². The third-order valence-electron chi connectivity index (χ3n) is 8.11. The molecule has 0 amide bonds. The Morgan fingerprint density at radius 1 is 0.868 bits per heavy atom. The van der Waals surface area contributed by atoms with Crippen molar-refractivity contribution in [2.24, 2.45) is 5.92 Å². The van der Waals surface area contributed by atoms with Crippen LogP contribution in [0.25, 0.3) is 0 Å². The highest BCUT2D eigenvalue weighted by molar-refractivity contribution is 5.85. The molecule has 3 aromatic carbocycles. The Balaban J connectivity index is 0.00000400. The van der Waals surface area contributed by atoms with Crippen LogP contribution in [0.15, 0.2) is 84.9 Å². The number of aliphatic carboxylic acids is 1. The molecule has 1 saturated heterocycles. The molecular formula is C32H40ClNO4. The molecule has 1 aliphatic heterocycles. The van der Waals surface area contributed by atoms with Gasteiger partial charge in [0.15, 0.2) is 0 Å². The first kappa shape index (κ1) is 29.9. The largest absolute Gasteiger partial charge is 0.481 e. The number of aliphatic hydroxyl groups is 2. The highest BCUT2D eigenvalue weighted by Crippen LogP contribution is 2.42. The summed E-state index contributed by atoms with van der Waals surface area (Å²) in [6, 6.07) is 27.3. The number of hydrogen-bond donors (Lipinski definition) is 3. The Kier molecular flexibility index (Phi) is 10.1. The third-order valence-corrected chi connectivity index (χ3v) is 8.11. The second-order valence-electron chi connectivity index (χ2n) is 10.8. The molecule has 1 unspecified atom stereocenters. The summed E-state index contributed by atoms with van der Waals surface area (Å²) in [7, 11) is 0. The number of rotatable bonds is 10. The molecule has 38 heavy (non-hydrogen) atoms. The number of nitrogens with zero attached hydrogens (tertiary/aromatic N) is 1. The van der Waals surface area contributed by atoms with Crippen LogP contribution in [-0.4, -0.2) is 45.8 Å². The SMILES string of the molecule is CC(C)(C(=O)O)c1ccc(C(O)CCCN2CCC(C(O)([13c]3[13cH][13cH][13cH][13cH][13cH]3)[13c]3[13cH][13cH][13cH][13cH][13cH]3)CC2)cc1.Cl. The minimum atomic E-state index is -1.01. The Morgan fingerprint density at radius 2 is 1.37 bits per heavy atom. The molecule has 0 aromatic heterocycles. The van der Waals surface area contributed by atoms with Gasteiger partial charge < -0.3 is 20.2 Å². The summed E-state index contributed by atoms with van der Waals surface area (Å²) in [5.74, 6) is -0.733. The molecule has 204 valence electrons. The highest BCUT2D eigenvalue weighted by Gasteiger charge is 2.41. The van der Waals surface area contributed by atoms with E-state index in [-0.39, 0.29) is 18.3 Å². The van der Waals surface area contributed by atoms with Gasteiger partial charge in [0.25, 0.3) is 0 Å². The van der Waals surface area contributed by atoms with Crippen molar-refractivity contribution >= 4 is 18.4 Å². The number of likely N-dealkylation sites (tertiary alicyclic amines) is 1. The molecule has 6 heteroatoms. The van der Waals surface area contributed by atoms with Crippen molar-refractivity contribution < 1.29 is 20.1 Å². The van der Waals surface area contributed by atoms with Crippen LogP contribution in [0.1, 0.15) is 67.9 Å². The van der Waals surface area contributed by atoms with Gasteiger partial charge in [-0.3, -0.25) is 4.79 Å². The maximum Gasteiger partial charge on any atom is 0.313 e. The minimum Gasteiger partial charge on any atom is -0.481 e. The number of carbonyl (C=O) groups is 1. The molecule has 3 N–H and O–H groups in total. The van der Waals surface area contributed by atoms with Gasteiger partial charge in [-0.05, 0) is 87.3 Å². The fourth-order valence-electron chi connectivity index (χ4n) is 5.52. The van der Waals surface area contributed by atoms with E-state index in [0.717, 1.165) is 61.2 Å². The third kappa shape index (κ3) is 6.47. The smallest absolute Gasteiger partial charge is 0.313 e. The Labute approximate surface area is 232 Å². The number of carboxylic acid groups (broad SMARTS) is 1. The summed E-state index contributed by atoms with van der Waals surface area (Å²) in [5.41, 5.74) is 1.47. The molecule has 0 aliphatic carbocycles. The van der Waals surface area contributed by atoms with Gasteiger partial charge in [0.2, 0.25) is 0 Å². The summed E-state index contributed by atoms with van der Waals surface area (Å²) in [5, 5.41) is 32.2. The van der Waals surface area contributed by atoms with Gasteiger partial charge in [0.1, 0.15) is 5.60 Å². The van der Waals surface area contributed by atoms with E-state index in [1.54, 1.807) is 26.0 Å². The first-order valence-corrected chi connectivity index (χ1v) is 13.3. The second kappa shape index (κ2) is 12.9. The summed E-state index contributed by atoms with van der Waals surface area (Å²) >= 11 is 0. The summed E-state index contributed by atoms with van der Waals surface area (Å²) in [6.45, 7) is 6.11. The quantitative estimate of drug-likeness (QED) is 0.292. The maximum absolute atomic E-state index is 12.1. The van der Waals surface area contributed by atoms with Crippen molar-refractivity contribution in [3.63, 3.8) is 0 Å². The van der Waals surface area contributed by atoms with Crippen LogP contribution in [0.5, 0.6) is 0 Å². The van der Waals surface area contributed by atoms with E-state index in [2.05, 4.69) is 4.90 Å². The number of benzene rings is 3. The van der Waals surface area contributed by atoms with E-state index in [1.165, 1.54) is 0 Å². The average molecular weight is 550 g/mol. The molecule has 0 bridgehead atoms.